The monoisotopic (exact) mass is 228 g/mol. The maximum atomic E-state index is 11.5. The van der Waals surface area contributed by atoms with Gasteiger partial charge < -0.3 is 9.84 Å². The van der Waals surface area contributed by atoms with Crippen LogP contribution < -0.4 is 0 Å². The molecule has 0 saturated carbocycles. The average Bonchev–Trinajstić information content (AvgIpc) is 2.01. The van der Waals surface area contributed by atoms with E-state index in [0.29, 0.717) is 5.20 Å². The van der Waals surface area contributed by atoms with E-state index < -0.39 is 20.1 Å². The number of aliphatic hydroxyl groups excluding tert-OH is 1. The van der Waals surface area contributed by atoms with Gasteiger partial charge in [-0.2, -0.15) is 0 Å². The van der Waals surface area contributed by atoms with Crippen molar-refractivity contribution in [3.8, 4) is 0 Å². The molecule has 0 fully saturated rings. The number of hydrogen-bond donors (Lipinski definition) is 1. The van der Waals surface area contributed by atoms with Gasteiger partial charge in [0.05, 0.1) is 14.2 Å². The molecule has 0 aromatic heterocycles. The van der Waals surface area contributed by atoms with Crippen molar-refractivity contribution in [3.05, 3.63) is 17.5 Å². The summed E-state index contributed by atoms with van der Waals surface area (Å²) < 4.78 is 4.93. The Labute approximate surface area is 92.5 Å². The third-order valence-electron chi connectivity index (χ3n) is 1.85. The summed E-state index contributed by atoms with van der Waals surface area (Å²) in [4.78, 5) is 11.5. The van der Waals surface area contributed by atoms with Crippen LogP contribution in [0.1, 0.15) is 13.8 Å². The van der Waals surface area contributed by atoms with Gasteiger partial charge in [-0.3, -0.25) is 0 Å². The van der Waals surface area contributed by atoms with E-state index in [0.717, 1.165) is 0 Å². The fraction of sp³-hybridized carbons (Fsp3) is 0.636. The number of carbonyl (C=O) groups is 1. The predicted molar refractivity (Wildman–Crippen MR) is 63.2 cm³/mol. The molecule has 3 nitrogen and oxygen atoms in total. The second-order valence-electron chi connectivity index (χ2n) is 4.73. The van der Waals surface area contributed by atoms with Crippen LogP contribution in [0, 0.1) is 0 Å². The SMILES string of the molecule is C=C=C(C(O)C(=O)OC(C)C)[Si](C)(C)C. The Balaban J connectivity index is 4.77. The first-order valence-electron chi connectivity index (χ1n) is 4.99. The van der Waals surface area contributed by atoms with E-state index in [1.54, 1.807) is 13.8 Å². The van der Waals surface area contributed by atoms with Gasteiger partial charge in [0, 0.05) is 0 Å². The Bertz CT molecular complexity index is 283. The molecule has 0 aromatic carbocycles. The molecular weight excluding hydrogens is 208 g/mol. The fourth-order valence-electron chi connectivity index (χ4n) is 1.19. The highest BCUT2D eigenvalue weighted by Gasteiger charge is 2.31. The molecule has 0 rings (SSSR count). The highest BCUT2D eigenvalue weighted by Crippen LogP contribution is 2.18. The van der Waals surface area contributed by atoms with Gasteiger partial charge in [-0.1, -0.05) is 26.2 Å². The van der Waals surface area contributed by atoms with Crippen molar-refractivity contribution in [2.45, 2.75) is 45.7 Å². The van der Waals surface area contributed by atoms with Crippen molar-refractivity contribution in [2.24, 2.45) is 0 Å². The lowest BCUT2D eigenvalue weighted by atomic mass is 10.3. The van der Waals surface area contributed by atoms with Crippen LogP contribution in [0.4, 0.5) is 0 Å². The van der Waals surface area contributed by atoms with Crippen molar-refractivity contribution in [1.29, 1.82) is 0 Å². The molecule has 0 aromatic rings. The van der Waals surface area contributed by atoms with Crippen molar-refractivity contribution in [3.63, 3.8) is 0 Å². The van der Waals surface area contributed by atoms with Crippen LogP contribution in [-0.2, 0) is 9.53 Å². The molecule has 86 valence electrons. The average molecular weight is 228 g/mol. The molecule has 4 heteroatoms. The molecule has 15 heavy (non-hydrogen) atoms. The van der Waals surface area contributed by atoms with Gasteiger partial charge >= 0.3 is 5.97 Å². The molecule has 0 heterocycles. The second-order valence-corrected chi connectivity index (χ2v) is 9.77. The van der Waals surface area contributed by atoms with Crippen molar-refractivity contribution >= 4 is 14.0 Å². The minimum Gasteiger partial charge on any atom is -0.461 e. The molecule has 0 aliphatic rings. The standard InChI is InChI=1S/C11H20O3Si/c1-7-9(15(4,5)6)10(12)11(13)14-8(2)3/h8,10,12H,1H2,2-6H3. The summed E-state index contributed by atoms with van der Waals surface area (Å²) in [5.41, 5.74) is 2.67. The van der Waals surface area contributed by atoms with Crippen LogP contribution in [0.3, 0.4) is 0 Å². The van der Waals surface area contributed by atoms with E-state index in [4.69, 9.17) is 4.74 Å². The molecule has 0 radical (unpaired) electrons. The number of rotatable bonds is 4. The number of esters is 1. The van der Waals surface area contributed by atoms with Gasteiger partial charge in [0.15, 0.2) is 6.10 Å². The minimum atomic E-state index is -1.77. The number of ether oxygens (including phenoxy) is 1. The van der Waals surface area contributed by atoms with Gasteiger partial charge in [0.1, 0.15) is 0 Å². The number of hydrogen-bond acceptors (Lipinski definition) is 3. The molecule has 0 aliphatic carbocycles. The Morgan fingerprint density at radius 3 is 2.13 bits per heavy atom. The lowest BCUT2D eigenvalue weighted by Crippen LogP contribution is -2.38. The molecule has 0 aliphatic heterocycles. The zero-order chi connectivity index (χ0) is 12.2. The highest BCUT2D eigenvalue weighted by atomic mass is 28.3. The normalized spacial score (nSPS) is 13.3. The Morgan fingerprint density at radius 2 is 1.87 bits per heavy atom. The molecule has 0 saturated heterocycles. The zero-order valence-electron chi connectivity index (χ0n) is 10.1. The first-order valence-corrected chi connectivity index (χ1v) is 8.49. The quantitative estimate of drug-likeness (QED) is 0.454. The van der Waals surface area contributed by atoms with Crippen LogP contribution in [-0.4, -0.2) is 31.4 Å². The highest BCUT2D eigenvalue weighted by molar-refractivity contribution is 6.83. The summed E-state index contributed by atoms with van der Waals surface area (Å²) in [6, 6.07) is 0. The summed E-state index contributed by atoms with van der Waals surface area (Å²) in [6.45, 7) is 13.1. The van der Waals surface area contributed by atoms with Gasteiger partial charge in [-0.05, 0) is 19.0 Å². The predicted octanol–water partition coefficient (Wildman–Crippen LogP) is 1.89. The summed E-state index contributed by atoms with van der Waals surface area (Å²) in [7, 11) is -1.77. The maximum Gasteiger partial charge on any atom is 0.339 e. The lowest BCUT2D eigenvalue weighted by Gasteiger charge is -2.23. The number of aliphatic hydroxyl groups is 1. The van der Waals surface area contributed by atoms with Gasteiger partial charge in [0.2, 0.25) is 0 Å². The third-order valence-corrected chi connectivity index (χ3v) is 3.91. The molecular formula is C11H20O3Si. The minimum absolute atomic E-state index is 0.222. The van der Waals surface area contributed by atoms with Gasteiger partial charge in [-0.25, -0.2) is 4.79 Å². The van der Waals surface area contributed by atoms with Crippen molar-refractivity contribution in [1.82, 2.24) is 0 Å². The van der Waals surface area contributed by atoms with Crippen LogP contribution in [0.15, 0.2) is 17.5 Å². The van der Waals surface area contributed by atoms with Crippen LogP contribution in [0.2, 0.25) is 19.6 Å². The fourth-order valence-corrected chi connectivity index (χ4v) is 2.66. The first-order chi connectivity index (χ1) is 6.70. The third kappa shape index (κ3) is 4.47. The molecule has 0 amide bonds. The van der Waals surface area contributed by atoms with E-state index >= 15 is 0 Å². The molecule has 1 atom stereocenters. The van der Waals surface area contributed by atoms with E-state index in [2.05, 4.69) is 12.3 Å². The largest absolute Gasteiger partial charge is 0.461 e. The molecule has 0 spiro atoms. The van der Waals surface area contributed by atoms with Gasteiger partial charge in [0.25, 0.3) is 0 Å². The Morgan fingerprint density at radius 1 is 1.40 bits per heavy atom. The zero-order valence-corrected chi connectivity index (χ0v) is 11.1. The summed E-state index contributed by atoms with van der Waals surface area (Å²) in [6.07, 6.45) is -1.43. The van der Waals surface area contributed by atoms with Crippen LogP contribution >= 0.6 is 0 Å². The van der Waals surface area contributed by atoms with E-state index in [1.807, 2.05) is 19.6 Å². The molecule has 0 bridgehead atoms. The maximum absolute atomic E-state index is 11.5. The lowest BCUT2D eigenvalue weighted by molar-refractivity contribution is -0.155. The Hall–Kier alpha value is -0.833. The molecule has 1 N–H and O–H groups in total. The first kappa shape index (κ1) is 14.2. The molecule has 1 unspecified atom stereocenters. The summed E-state index contributed by atoms with van der Waals surface area (Å²) >= 11 is 0. The summed E-state index contributed by atoms with van der Waals surface area (Å²) in [5, 5.41) is 10.4. The van der Waals surface area contributed by atoms with Crippen molar-refractivity contribution in [2.75, 3.05) is 0 Å². The Kier molecular flexibility index (Phi) is 5.01. The van der Waals surface area contributed by atoms with E-state index in [1.165, 1.54) is 0 Å². The number of carbonyl (C=O) groups excluding carboxylic acids is 1. The van der Waals surface area contributed by atoms with E-state index in [9.17, 15) is 9.90 Å². The summed E-state index contributed by atoms with van der Waals surface area (Å²) in [5.74, 6) is -0.612. The van der Waals surface area contributed by atoms with Gasteiger partial charge in [-0.15, -0.1) is 5.73 Å². The smallest absolute Gasteiger partial charge is 0.339 e. The topological polar surface area (TPSA) is 46.5 Å². The van der Waals surface area contributed by atoms with Crippen LogP contribution in [0.25, 0.3) is 0 Å². The van der Waals surface area contributed by atoms with E-state index in [-0.39, 0.29) is 6.10 Å². The van der Waals surface area contributed by atoms with Crippen LogP contribution in [0.5, 0.6) is 0 Å². The van der Waals surface area contributed by atoms with Crippen molar-refractivity contribution < 1.29 is 14.6 Å². The second kappa shape index (κ2) is 5.31.